The van der Waals surface area contributed by atoms with E-state index in [4.69, 9.17) is 5.73 Å². The molecule has 0 spiro atoms. The molecule has 0 fully saturated rings. The molecule has 0 saturated heterocycles. The number of amides is 2. The molecule has 2 unspecified atom stereocenters. The molecule has 15 heavy (non-hydrogen) atoms. The Balaban J connectivity index is 4.17. The van der Waals surface area contributed by atoms with Crippen LogP contribution in [-0.4, -0.2) is 42.9 Å². The van der Waals surface area contributed by atoms with Crippen molar-refractivity contribution < 1.29 is 9.59 Å². The normalized spacial score (nSPS) is 13.9. The molecular formula is C10H19N3O2. The Bertz CT molecular complexity index is 251. The SMILES string of the molecule is C=CCC(N)C(=O)NC(C)C(=O)N(C)C. The van der Waals surface area contributed by atoms with Gasteiger partial charge in [-0.3, -0.25) is 9.59 Å². The van der Waals surface area contributed by atoms with Gasteiger partial charge >= 0.3 is 0 Å². The van der Waals surface area contributed by atoms with Crippen molar-refractivity contribution in [3.8, 4) is 0 Å². The number of carbonyl (C=O) groups is 2. The van der Waals surface area contributed by atoms with Crippen LogP contribution in [0, 0.1) is 0 Å². The van der Waals surface area contributed by atoms with Crippen LogP contribution in [0.15, 0.2) is 12.7 Å². The smallest absolute Gasteiger partial charge is 0.244 e. The second kappa shape index (κ2) is 6.19. The number of likely N-dealkylation sites (N-methyl/N-ethyl adjacent to an activating group) is 1. The molecule has 5 nitrogen and oxygen atoms in total. The summed E-state index contributed by atoms with van der Waals surface area (Å²) in [6.45, 7) is 5.12. The first kappa shape index (κ1) is 13.6. The summed E-state index contributed by atoms with van der Waals surface area (Å²) in [5.41, 5.74) is 5.54. The number of nitrogens with zero attached hydrogens (tertiary/aromatic N) is 1. The van der Waals surface area contributed by atoms with E-state index in [9.17, 15) is 9.59 Å². The number of carbonyl (C=O) groups excluding carboxylic acids is 2. The van der Waals surface area contributed by atoms with Crippen molar-refractivity contribution in [2.24, 2.45) is 5.73 Å². The van der Waals surface area contributed by atoms with Crippen LogP contribution < -0.4 is 11.1 Å². The molecule has 5 heteroatoms. The summed E-state index contributed by atoms with van der Waals surface area (Å²) in [6.07, 6.45) is 1.97. The van der Waals surface area contributed by atoms with Crippen LogP contribution in [0.2, 0.25) is 0 Å². The lowest BCUT2D eigenvalue weighted by atomic mass is 10.2. The second-order valence-corrected chi connectivity index (χ2v) is 3.59. The maximum atomic E-state index is 11.4. The first-order chi connectivity index (χ1) is 6.90. The van der Waals surface area contributed by atoms with Gasteiger partial charge in [-0.1, -0.05) is 6.08 Å². The Morgan fingerprint density at radius 1 is 1.53 bits per heavy atom. The molecule has 2 atom stereocenters. The molecule has 0 bridgehead atoms. The van der Waals surface area contributed by atoms with Crippen molar-refractivity contribution in [3.63, 3.8) is 0 Å². The van der Waals surface area contributed by atoms with E-state index in [-0.39, 0.29) is 11.8 Å². The molecule has 3 N–H and O–H groups in total. The molecule has 0 aromatic carbocycles. The third kappa shape index (κ3) is 4.60. The molecule has 0 aliphatic carbocycles. The monoisotopic (exact) mass is 213 g/mol. The summed E-state index contributed by atoms with van der Waals surface area (Å²) in [6, 6.07) is -1.19. The standard InChI is InChI=1S/C10H19N3O2/c1-5-6-8(11)9(14)12-7(2)10(15)13(3)4/h5,7-8H,1,6,11H2,2-4H3,(H,12,14). The van der Waals surface area contributed by atoms with Crippen LogP contribution in [0.5, 0.6) is 0 Å². The van der Waals surface area contributed by atoms with Crippen LogP contribution >= 0.6 is 0 Å². The zero-order valence-electron chi connectivity index (χ0n) is 9.49. The van der Waals surface area contributed by atoms with Gasteiger partial charge in [0.05, 0.1) is 6.04 Å². The highest BCUT2D eigenvalue weighted by Gasteiger charge is 2.19. The van der Waals surface area contributed by atoms with Crippen molar-refractivity contribution in [1.29, 1.82) is 0 Å². The van der Waals surface area contributed by atoms with Crippen LogP contribution in [-0.2, 0) is 9.59 Å². The third-order valence-corrected chi connectivity index (χ3v) is 1.93. The number of hydrogen-bond donors (Lipinski definition) is 2. The summed E-state index contributed by atoms with van der Waals surface area (Å²) in [5.74, 6) is -0.494. The highest BCUT2D eigenvalue weighted by Crippen LogP contribution is 1.93. The third-order valence-electron chi connectivity index (χ3n) is 1.93. The summed E-state index contributed by atoms with van der Waals surface area (Å²) < 4.78 is 0. The van der Waals surface area contributed by atoms with E-state index in [1.807, 2.05) is 0 Å². The van der Waals surface area contributed by atoms with Crippen molar-refractivity contribution >= 4 is 11.8 Å². The predicted octanol–water partition coefficient (Wildman–Crippen LogP) is -0.517. The van der Waals surface area contributed by atoms with Gasteiger partial charge in [0, 0.05) is 14.1 Å². The lowest BCUT2D eigenvalue weighted by Crippen LogP contribution is -2.49. The molecule has 0 aromatic rings. The average molecular weight is 213 g/mol. The van der Waals surface area contributed by atoms with E-state index >= 15 is 0 Å². The maximum Gasteiger partial charge on any atom is 0.244 e. The van der Waals surface area contributed by atoms with E-state index in [0.29, 0.717) is 6.42 Å². The van der Waals surface area contributed by atoms with Gasteiger partial charge in [-0.15, -0.1) is 6.58 Å². The minimum absolute atomic E-state index is 0.158. The van der Waals surface area contributed by atoms with Gasteiger partial charge < -0.3 is 16.0 Å². The van der Waals surface area contributed by atoms with Gasteiger partial charge in [0.15, 0.2) is 0 Å². The zero-order valence-corrected chi connectivity index (χ0v) is 9.49. The lowest BCUT2D eigenvalue weighted by molar-refractivity contribution is -0.134. The molecule has 0 aliphatic heterocycles. The number of nitrogens with one attached hydrogen (secondary N) is 1. The fraction of sp³-hybridized carbons (Fsp3) is 0.600. The van der Waals surface area contributed by atoms with E-state index in [1.54, 1.807) is 27.1 Å². The maximum absolute atomic E-state index is 11.4. The van der Waals surface area contributed by atoms with Crippen molar-refractivity contribution in [1.82, 2.24) is 10.2 Å². The Labute approximate surface area is 90.3 Å². The Hall–Kier alpha value is -1.36. The Morgan fingerprint density at radius 3 is 2.47 bits per heavy atom. The molecule has 0 rings (SSSR count). The lowest BCUT2D eigenvalue weighted by Gasteiger charge is -2.19. The summed E-state index contributed by atoms with van der Waals surface area (Å²) in [7, 11) is 3.27. The second-order valence-electron chi connectivity index (χ2n) is 3.59. The molecule has 0 heterocycles. The number of rotatable bonds is 5. The van der Waals surface area contributed by atoms with Crippen LogP contribution in [0.4, 0.5) is 0 Å². The summed E-state index contributed by atoms with van der Waals surface area (Å²) in [5, 5.41) is 2.54. The van der Waals surface area contributed by atoms with Gasteiger partial charge in [0.25, 0.3) is 0 Å². The largest absolute Gasteiger partial charge is 0.347 e. The molecule has 0 aliphatic rings. The first-order valence-electron chi connectivity index (χ1n) is 4.78. The Morgan fingerprint density at radius 2 is 2.07 bits per heavy atom. The minimum atomic E-state index is -0.639. The van der Waals surface area contributed by atoms with Crippen molar-refractivity contribution in [2.75, 3.05) is 14.1 Å². The topological polar surface area (TPSA) is 75.4 Å². The van der Waals surface area contributed by atoms with Gasteiger partial charge in [-0.05, 0) is 13.3 Å². The fourth-order valence-electron chi connectivity index (χ4n) is 1.06. The number of hydrogen-bond acceptors (Lipinski definition) is 3. The number of nitrogens with two attached hydrogens (primary N) is 1. The minimum Gasteiger partial charge on any atom is -0.347 e. The summed E-state index contributed by atoms with van der Waals surface area (Å²) >= 11 is 0. The van der Waals surface area contributed by atoms with E-state index in [0.717, 1.165) is 0 Å². The Kier molecular flexibility index (Phi) is 5.62. The van der Waals surface area contributed by atoms with Gasteiger partial charge in [0.2, 0.25) is 11.8 Å². The average Bonchev–Trinajstić information content (AvgIpc) is 2.16. The molecule has 86 valence electrons. The molecule has 0 saturated carbocycles. The molecule has 0 aromatic heterocycles. The molecule has 2 amide bonds. The van der Waals surface area contributed by atoms with E-state index in [2.05, 4.69) is 11.9 Å². The van der Waals surface area contributed by atoms with Gasteiger partial charge in [0.1, 0.15) is 6.04 Å². The van der Waals surface area contributed by atoms with Gasteiger partial charge in [-0.25, -0.2) is 0 Å². The van der Waals surface area contributed by atoms with E-state index in [1.165, 1.54) is 4.90 Å². The first-order valence-corrected chi connectivity index (χ1v) is 4.78. The molecule has 0 radical (unpaired) electrons. The zero-order chi connectivity index (χ0) is 12.0. The quantitative estimate of drug-likeness (QED) is 0.604. The van der Waals surface area contributed by atoms with Crippen molar-refractivity contribution in [2.45, 2.75) is 25.4 Å². The van der Waals surface area contributed by atoms with E-state index < -0.39 is 12.1 Å². The molecular weight excluding hydrogens is 194 g/mol. The van der Waals surface area contributed by atoms with Crippen LogP contribution in [0.25, 0.3) is 0 Å². The predicted molar refractivity (Wildman–Crippen MR) is 59.1 cm³/mol. The summed E-state index contributed by atoms with van der Waals surface area (Å²) in [4.78, 5) is 24.2. The highest BCUT2D eigenvalue weighted by atomic mass is 16.2. The van der Waals surface area contributed by atoms with Crippen molar-refractivity contribution in [3.05, 3.63) is 12.7 Å². The fourth-order valence-corrected chi connectivity index (χ4v) is 1.06. The highest BCUT2D eigenvalue weighted by molar-refractivity contribution is 5.89. The van der Waals surface area contributed by atoms with Crippen LogP contribution in [0.1, 0.15) is 13.3 Å². The van der Waals surface area contributed by atoms with Gasteiger partial charge in [-0.2, -0.15) is 0 Å². The van der Waals surface area contributed by atoms with Crippen LogP contribution in [0.3, 0.4) is 0 Å².